The molecule has 0 bridgehead atoms. The van der Waals surface area contributed by atoms with E-state index in [0.717, 1.165) is 0 Å². The predicted molar refractivity (Wildman–Crippen MR) is 96.4 cm³/mol. The zero-order chi connectivity index (χ0) is 15.2. The highest BCUT2D eigenvalue weighted by molar-refractivity contribution is 5.96. The second-order valence-electron chi connectivity index (χ2n) is 6.03. The Morgan fingerprint density at radius 1 is 0.478 bits per heavy atom. The molecule has 0 heteroatoms. The summed E-state index contributed by atoms with van der Waals surface area (Å²) >= 11 is 0. The van der Waals surface area contributed by atoms with Gasteiger partial charge in [0, 0.05) is 5.39 Å². The molecule has 0 radical (unpaired) electrons. The highest BCUT2D eigenvalue weighted by Crippen LogP contribution is 2.48. The van der Waals surface area contributed by atoms with Gasteiger partial charge in [0.05, 0.1) is 33.7 Å². The lowest BCUT2D eigenvalue weighted by molar-refractivity contribution is 1.29. The van der Waals surface area contributed by atoms with Gasteiger partial charge in [0.1, 0.15) is 0 Å². The van der Waals surface area contributed by atoms with E-state index in [2.05, 4.69) is 91.0 Å². The molecule has 0 heterocycles. The molecule has 0 fully saturated rings. The molecule has 0 amide bonds. The zero-order valence-electron chi connectivity index (χ0n) is 12.7. The van der Waals surface area contributed by atoms with Crippen LogP contribution in [0.5, 0.6) is 0 Å². The fourth-order valence-corrected chi connectivity index (χ4v) is 3.67. The van der Waals surface area contributed by atoms with Gasteiger partial charge in [-0.2, -0.15) is 0 Å². The van der Waals surface area contributed by atoms with E-state index in [0.29, 0.717) is 0 Å². The molecule has 0 atom stereocenters. The molecular weight excluding hydrogens is 276 g/mol. The molecule has 0 unspecified atom stereocenters. The molecule has 0 aromatic heterocycles. The summed E-state index contributed by atoms with van der Waals surface area (Å²) in [6.45, 7) is 0. The van der Waals surface area contributed by atoms with Crippen molar-refractivity contribution in [2.75, 3.05) is 0 Å². The van der Waals surface area contributed by atoms with Crippen molar-refractivity contribution >= 4 is 10.8 Å². The largest absolute Gasteiger partial charge is 0.0680 e. The standard InChI is InChI=1S/C23H15/c1-2-8-16(9-3-1)23-20-13-7-6-12-19(20)21-14-17-10-4-5-11-18(17)15-22(21)23/h1-15H/q+1. The molecule has 0 N–H and O–H groups in total. The van der Waals surface area contributed by atoms with E-state index in [9.17, 15) is 0 Å². The monoisotopic (exact) mass is 291 g/mol. The van der Waals surface area contributed by atoms with E-state index in [1.807, 2.05) is 0 Å². The van der Waals surface area contributed by atoms with Crippen LogP contribution in [0.3, 0.4) is 0 Å². The Morgan fingerprint density at radius 2 is 1.13 bits per heavy atom. The Labute approximate surface area is 136 Å². The maximum Gasteiger partial charge on any atom is 0.0680 e. The summed E-state index contributed by atoms with van der Waals surface area (Å²) in [5, 5.41) is 2.60. The fourth-order valence-electron chi connectivity index (χ4n) is 3.67. The normalized spacial score (nSPS) is 12.3. The molecule has 1 aliphatic carbocycles. The number of benzene rings is 4. The second kappa shape index (κ2) is 4.76. The SMILES string of the molecule is c1ccc([C+]2c3ccccc3-c3cc4ccccc4cc32)cc1. The number of hydrogen-bond donors (Lipinski definition) is 0. The van der Waals surface area contributed by atoms with E-state index in [1.54, 1.807) is 0 Å². The smallest absolute Gasteiger partial charge is 0.0616 e. The molecule has 5 rings (SSSR count). The molecule has 23 heavy (non-hydrogen) atoms. The van der Waals surface area contributed by atoms with E-state index in [-0.39, 0.29) is 0 Å². The van der Waals surface area contributed by atoms with Crippen molar-refractivity contribution in [1.82, 2.24) is 0 Å². The first kappa shape index (κ1) is 12.5. The van der Waals surface area contributed by atoms with E-state index in [4.69, 9.17) is 0 Å². The number of hydrogen-bond acceptors (Lipinski definition) is 0. The van der Waals surface area contributed by atoms with Crippen LogP contribution in [0, 0.1) is 5.92 Å². The van der Waals surface area contributed by atoms with Crippen molar-refractivity contribution in [3.8, 4) is 11.1 Å². The third-order valence-corrected chi connectivity index (χ3v) is 4.70. The topological polar surface area (TPSA) is 0 Å². The van der Waals surface area contributed by atoms with Gasteiger partial charge in [0.25, 0.3) is 0 Å². The van der Waals surface area contributed by atoms with Crippen LogP contribution in [0.25, 0.3) is 21.9 Å². The summed E-state index contributed by atoms with van der Waals surface area (Å²) in [5.74, 6) is 1.35. The van der Waals surface area contributed by atoms with Gasteiger partial charge >= 0.3 is 0 Å². The molecule has 106 valence electrons. The third-order valence-electron chi connectivity index (χ3n) is 4.70. The molecule has 0 nitrogen and oxygen atoms in total. The van der Waals surface area contributed by atoms with Gasteiger partial charge in [-0.3, -0.25) is 0 Å². The fraction of sp³-hybridized carbons (Fsp3) is 0. The van der Waals surface area contributed by atoms with Gasteiger partial charge in [0.2, 0.25) is 0 Å². The second-order valence-corrected chi connectivity index (χ2v) is 6.03. The molecule has 1 aliphatic rings. The lowest BCUT2D eigenvalue weighted by Crippen LogP contribution is -1.99. The van der Waals surface area contributed by atoms with Crippen molar-refractivity contribution in [3.05, 3.63) is 114 Å². The van der Waals surface area contributed by atoms with Crippen molar-refractivity contribution in [1.29, 1.82) is 0 Å². The summed E-state index contributed by atoms with van der Waals surface area (Å²) in [6, 6.07) is 32.7. The van der Waals surface area contributed by atoms with Crippen molar-refractivity contribution in [2.24, 2.45) is 0 Å². The predicted octanol–water partition coefficient (Wildman–Crippen LogP) is 5.84. The number of rotatable bonds is 1. The minimum absolute atomic E-state index is 1.29. The first-order chi connectivity index (χ1) is 11.4. The Bertz CT molecular complexity index is 1010. The molecule has 0 saturated carbocycles. The van der Waals surface area contributed by atoms with E-state index >= 15 is 0 Å². The number of fused-ring (bicyclic) bond motifs is 4. The van der Waals surface area contributed by atoms with Gasteiger partial charge < -0.3 is 0 Å². The maximum atomic E-state index is 2.34. The third kappa shape index (κ3) is 1.82. The first-order valence-corrected chi connectivity index (χ1v) is 7.97. The highest BCUT2D eigenvalue weighted by Gasteiger charge is 2.36. The minimum atomic E-state index is 1.29. The van der Waals surface area contributed by atoms with Crippen molar-refractivity contribution in [2.45, 2.75) is 0 Å². The Hall–Kier alpha value is -2.99. The average Bonchev–Trinajstić information content (AvgIpc) is 2.94. The summed E-state index contributed by atoms with van der Waals surface area (Å²) in [4.78, 5) is 0. The van der Waals surface area contributed by atoms with Crippen molar-refractivity contribution in [3.63, 3.8) is 0 Å². The van der Waals surface area contributed by atoms with E-state index < -0.39 is 0 Å². The van der Waals surface area contributed by atoms with Crippen LogP contribution in [0.4, 0.5) is 0 Å². The van der Waals surface area contributed by atoms with Crippen LogP contribution in [0.1, 0.15) is 16.7 Å². The lowest BCUT2D eigenvalue weighted by Gasteiger charge is -2.08. The molecule has 0 saturated heterocycles. The first-order valence-electron chi connectivity index (χ1n) is 7.97. The van der Waals surface area contributed by atoms with Crippen LogP contribution in [0.2, 0.25) is 0 Å². The van der Waals surface area contributed by atoms with Gasteiger partial charge in [0.15, 0.2) is 0 Å². The summed E-state index contributed by atoms with van der Waals surface area (Å²) < 4.78 is 0. The molecule has 4 aromatic rings. The Morgan fingerprint density at radius 3 is 1.96 bits per heavy atom. The quantitative estimate of drug-likeness (QED) is 0.340. The maximum absolute atomic E-state index is 2.34. The average molecular weight is 291 g/mol. The van der Waals surface area contributed by atoms with Crippen LogP contribution in [-0.2, 0) is 0 Å². The summed E-state index contributed by atoms with van der Waals surface area (Å²) in [5.41, 5.74) is 6.65. The van der Waals surface area contributed by atoms with Crippen LogP contribution in [0.15, 0.2) is 91.0 Å². The van der Waals surface area contributed by atoms with Gasteiger partial charge in [-0.1, -0.05) is 24.3 Å². The molecule has 4 aromatic carbocycles. The summed E-state index contributed by atoms with van der Waals surface area (Å²) in [7, 11) is 0. The lowest BCUT2D eigenvalue weighted by atomic mass is 9.88. The van der Waals surface area contributed by atoms with Gasteiger partial charge in [-0.05, 0) is 72.1 Å². The molecule has 0 aliphatic heterocycles. The molecule has 0 spiro atoms. The van der Waals surface area contributed by atoms with E-state index in [1.165, 1.54) is 44.5 Å². The van der Waals surface area contributed by atoms with Gasteiger partial charge in [-0.15, -0.1) is 0 Å². The highest BCUT2D eigenvalue weighted by atomic mass is 14.3. The molecular formula is C23H15+. The van der Waals surface area contributed by atoms with Crippen LogP contribution in [-0.4, -0.2) is 0 Å². The Kier molecular flexibility index (Phi) is 2.59. The zero-order valence-corrected chi connectivity index (χ0v) is 12.7. The van der Waals surface area contributed by atoms with Crippen molar-refractivity contribution < 1.29 is 0 Å². The Balaban J connectivity index is 1.86. The minimum Gasteiger partial charge on any atom is -0.0616 e. The van der Waals surface area contributed by atoms with Crippen LogP contribution >= 0.6 is 0 Å². The van der Waals surface area contributed by atoms with Crippen LogP contribution < -0.4 is 0 Å². The van der Waals surface area contributed by atoms with Gasteiger partial charge in [-0.25, -0.2) is 0 Å². The summed E-state index contributed by atoms with van der Waals surface area (Å²) in [6.07, 6.45) is 0.